The Bertz CT molecular complexity index is 669. The van der Waals surface area contributed by atoms with E-state index >= 15 is 0 Å². The molecule has 0 spiro atoms. The first-order valence-electron chi connectivity index (χ1n) is 5.80. The summed E-state index contributed by atoms with van der Waals surface area (Å²) >= 11 is 3.24. The highest BCUT2D eigenvalue weighted by molar-refractivity contribution is 9.10. The number of carbonyl (C=O) groups is 1. The first-order valence-corrected chi connectivity index (χ1v) is 6.59. The van der Waals surface area contributed by atoms with E-state index in [0.29, 0.717) is 5.75 Å². The van der Waals surface area contributed by atoms with Crippen molar-refractivity contribution in [1.82, 2.24) is 4.98 Å². The molecule has 0 radical (unpaired) electrons. The molecule has 0 aliphatic heterocycles. The van der Waals surface area contributed by atoms with E-state index in [9.17, 15) is 18.0 Å². The third-order valence-corrected chi connectivity index (χ3v) is 3.08. The standard InChI is InChI=1S/C14H9BrF3NO2/c1-8(20)11-6-7-12(19-13(11)14(16,17)18)21-10-4-2-9(15)3-5-10/h2-7H,1H3. The fourth-order valence-electron chi connectivity index (χ4n) is 1.62. The summed E-state index contributed by atoms with van der Waals surface area (Å²) in [5.41, 5.74) is -1.73. The van der Waals surface area contributed by atoms with Crippen LogP contribution in [0, 0.1) is 0 Å². The Labute approximate surface area is 126 Å². The maximum atomic E-state index is 12.9. The number of halogens is 4. The van der Waals surface area contributed by atoms with Gasteiger partial charge < -0.3 is 4.74 Å². The summed E-state index contributed by atoms with van der Waals surface area (Å²) in [6.07, 6.45) is -4.72. The molecule has 2 aromatic rings. The average molecular weight is 360 g/mol. The first kappa shape index (κ1) is 15.5. The molecule has 0 atom stereocenters. The van der Waals surface area contributed by atoms with Crippen molar-refractivity contribution in [3.8, 4) is 11.6 Å². The van der Waals surface area contributed by atoms with Gasteiger partial charge in [0.1, 0.15) is 5.75 Å². The lowest BCUT2D eigenvalue weighted by Gasteiger charge is -2.12. The number of hydrogen-bond donors (Lipinski definition) is 0. The molecule has 0 aliphatic rings. The van der Waals surface area contributed by atoms with Crippen LogP contribution in [0.15, 0.2) is 40.9 Å². The normalized spacial score (nSPS) is 11.3. The lowest BCUT2D eigenvalue weighted by Crippen LogP contribution is -2.14. The quantitative estimate of drug-likeness (QED) is 0.734. The number of hydrogen-bond acceptors (Lipinski definition) is 3. The van der Waals surface area contributed by atoms with Crippen molar-refractivity contribution in [2.24, 2.45) is 0 Å². The maximum Gasteiger partial charge on any atom is 0.434 e. The van der Waals surface area contributed by atoms with Crippen molar-refractivity contribution in [3.63, 3.8) is 0 Å². The third kappa shape index (κ3) is 3.81. The minimum atomic E-state index is -4.72. The molecule has 3 nitrogen and oxygen atoms in total. The Morgan fingerprint density at radius 3 is 2.29 bits per heavy atom. The van der Waals surface area contributed by atoms with E-state index in [-0.39, 0.29) is 5.88 Å². The zero-order valence-corrected chi connectivity index (χ0v) is 12.3. The molecular formula is C14H9BrF3NO2. The molecule has 0 aliphatic carbocycles. The Balaban J connectivity index is 2.38. The van der Waals surface area contributed by atoms with Gasteiger partial charge in [-0.25, -0.2) is 4.98 Å². The van der Waals surface area contributed by atoms with E-state index in [0.717, 1.165) is 17.5 Å². The second-order valence-corrected chi connectivity index (χ2v) is 5.07. The summed E-state index contributed by atoms with van der Waals surface area (Å²) in [5, 5.41) is 0. The van der Waals surface area contributed by atoms with Gasteiger partial charge >= 0.3 is 6.18 Å². The van der Waals surface area contributed by atoms with Crippen molar-refractivity contribution >= 4 is 21.7 Å². The van der Waals surface area contributed by atoms with E-state index in [4.69, 9.17) is 4.74 Å². The number of pyridine rings is 1. The summed E-state index contributed by atoms with van der Waals surface area (Å²) in [6.45, 7) is 1.06. The summed E-state index contributed by atoms with van der Waals surface area (Å²) in [5.74, 6) is -0.589. The molecule has 7 heteroatoms. The fourth-order valence-corrected chi connectivity index (χ4v) is 1.89. The number of benzene rings is 1. The molecule has 0 fully saturated rings. The van der Waals surface area contributed by atoms with Gasteiger partial charge in [-0.05, 0) is 37.3 Å². The molecule has 0 N–H and O–H groups in total. The topological polar surface area (TPSA) is 39.2 Å². The molecule has 0 saturated heterocycles. The third-order valence-electron chi connectivity index (χ3n) is 2.55. The second-order valence-electron chi connectivity index (χ2n) is 4.16. The van der Waals surface area contributed by atoms with Crippen LogP contribution < -0.4 is 4.74 Å². The molecule has 1 aromatic heterocycles. The van der Waals surface area contributed by atoms with Crippen LogP contribution in [0.4, 0.5) is 13.2 Å². The summed E-state index contributed by atoms with van der Waals surface area (Å²) in [4.78, 5) is 14.6. The predicted octanol–water partition coefficient (Wildman–Crippen LogP) is 4.86. The lowest BCUT2D eigenvalue weighted by atomic mass is 10.1. The number of Topliss-reactive ketones (excluding diaryl/α,β-unsaturated/α-hetero) is 1. The summed E-state index contributed by atoms with van der Waals surface area (Å²) < 4.78 is 44.8. The van der Waals surface area contributed by atoms with Crippen LogP contribution in [-0.2, 0) is 6.18 Å². The van der Waals surface area contributed by atoms with Gasteiger partial charge in [0.2, 0.25) is 5.88 Å². The summed E-state index contributed by atoms with van der Waals surface area (Å²) in [6, 6.07) is 8.82. The number of aromatic nitrogens is 1. The zero-order valence-electron chi connectivity index (χ0n) is 10.7. The van der Waals surface area contributed by atoms with E-state index < -0.39 is 23.2 Å². The van der Waals surface area contributed by atoms with Crippen LogP contribution in [0.2, 0.25) is 0 Å². The highest BCUT2D eigenvalue weighted by atomic mass is 79.9. The SMILES string of the molecule is CC(=O)c1ccc(Oc2ccc(Br)cc2)nc1C(F)(F)F. The van der Waals surface area contributed by atoms with Crippen LogP contribution >= 0.6 is 15.9 Å². The number of nitrogens with zero attached hydrogens (tertiary/aromatic N) is 1. The van der Waals surface area contributed by atoms with Crippen molar-refractivity contribution in [3.05, 3.63) is 52.1 Å². The van der Waals surface area contributed by atoms with Gasteiger partial charge in [0, 0.05) is 16.1 Å². The number of alkyl halides is 3. The Kier molecular flexibility index (Phi) is 4.32. The molecule has 0 unspecified atom stereocenters. The Morgan fingerprint density at radius 1 is 1.14 bits per heavy atom. The van der Waals surface area contributed by atoms with Gasteiger partial charge in [0.05, 0.1) is 0 Å². The minimum Gasteiger partial charge on any atom is -0.439 e. The molecular weight excluding hydrogens is 351 g/mol. The van der Waals surface area contributed by atoms with E-state index in [1.807, 2.05) is 0 Å². The van der Waals surface area contributed by atoms with Crippen LogP contribution in [0.1, 0.15) is 23.0 Å². The van der Waals surface area contributed by atoms with E-state index in [1.54, 1.807) is 24.3 Å². The van der Waals surface area contributed by atoms with Crippen LogP contribution in [0.3, 0.4) is 0 Å². The molecule has 1 heterocycles. The van der Waals surface area contributed by atoms with Gasteiger partial charge in [-0.2, -0.15) is 13.2 Å². The largest absolute Gasteiger partial charge is 0.439 e. The lowest BCUT2D eigenvalue weighted by molar-refractivity contribution is -0.141. The highest BCUT2D eigenvalue weighted by Crippen LogP contribution is 2.33. The predicted molar refractivity (Wildman–Crippen MR) is 73.5 cm³/mol. The van der Waals surface area contributed by atoms with Crippen LogP contribution in [-0.4, -0.2) is 10.8 Å². The number of ether oxygens (including phenoxy) is 1. The second kappa shape index (κ2) is 5.85. The Morgan fingerprint density at radius 2 is 1.76 bits per heavy atom. The van der Waals surface area contributed by atoms with Crippen molar-refractivity contribution in [2.75, 3.05) is 0 Å². The van der Waals surface area contributed by atoms with Gasteiger partial charge in [-0.3, -0.25) is 4.79 Å². The molecule has 0 saturated carbocycles. The van der Waals surface area contributed by atoms with Gasteiger partial charge in [-0.1, -0.05) is 15.9 Å². The van der Waals surface area contributed by atoms with Gasteiger partial charge in [0.15, 0.2) is 11.5 Å². The summed E-state index contributed by atoms with van der Waals surface area (Å²) in [7, 11) is 0. The smallest absolute Gasteiger partial charge is 0.434 e. The average Bonchev–Trinajstić information content (AvgIpc) is 2.40. The monoisotopic (exact) mass is 359 g/mol. The molecule has 0 bridgehead atoms. The zero-order chi connectivity index (χ0) is 15.6. The van der Waals surface area contributed by atoms with Crippen LogP contribution in [0.25, 0.3) is 0 Å². The first-order chi connectivity index (χ1) is 9.77. The molecule has 21 heavy (non-hydrogen) atoms. The van der Waals surface area contributed by atoms with Crippen molar-refractivity contribution in [2.45, 2.75) is 13.1 Å². The Hall–Kier alpha value is -1.89. The molecule has 2 rings (SSSR count). The van der Waals surface area contributed by atoms with Crippen LogP contribution in [0.5, 0.6) is 11.6 Å². The number of ketones is 1. The molecule has 110 valence electrons. The number of carbonyl (C=O) groups excluding carboxylic acids is 1. The number of rotatable bonds is 3. The minimum absolute atomic E-state index is 0.227. The fraction of sp³-hybridized carbons (Fsp3) is 0.143. The van der Waals surface area contributed by atoms with E-state index in [2.05, 4.69) is 20.9 Å². The van der Waals surface area contributed by atoms with E-state index in [1.165, 1.54) is 6.07 Å². The van der Waals surface area contributed by atoms with Gasteiger partial charge in [-0.15, -0.1) is 0 Å². The van der Waals surface area contributed by atoms with Crippen molar-refractivity contribution in [1.29, 1.82) is 0 Å². The molecule has 1 aromatic carbocycles. The van der Waals surface area contributed by atoms with Gasteiger partial charge in [0.25, 0.3) is 0 Å². The maximum absolute atomic E-state index is 12.9. The molecule has 0 amide bonds. The highest BCUT2D eigenvalue weighted by Gasteiger charge is 2.37. The van der Waals surface area contributed by atoms with Crippen molar-refractivity contribution < 1.29 is 22.7 Å².